The summed E-state index contributed by atoms with van der Waals surface area (Å²) < 4.78 is 5.72. The summed E-state index contributed by atoms with van der Waals surface area (Å²) >= 11 is 0. The summed E-state index contributed by atoms with van der Waals surface area (Å²) in [6, 6.07) is 16.6. The number of hydrogen-bond acceptors (Lipinski definition) is 9. The van der Waals surface area contributed by atoms with Crippen molar-refractivity contribution >= 4 is 40.6 Å². The Morgan fingerprint density at radius 2 is 1.80 bits per heavy atom. The molecule has 1 aliphatic rings. The Labute approximate surface area is 258 Å². The second-order valence-electron chi connectivity index (χ2n) is 10.9. The number of nitrogens with one attached hydrogen (secondary N) is 3. The van der Waals surface area contributed by atoms with Crippen LogP contribution in [0.25, 0.3) is 0 Å². The Morgan fingerprint density at radius 3 is 2.45 bits per heavy atom. The number of anilines is 5. The molecule has 0 spiro atoms. The van der Waals surface area contributed by atoms with Crippen LogP contribution in [0.15, 0.2) is 66.5 Å². The van der Waals surface area contributed by atoms with E-state index in [0.29, 0.717) is 41.8 Å². The lowest BCUT2D eigenvalue weighted by Crippen LogP contribution is -2.37. The highest BCUT2D eigenvalue weighted by Gasteiger charge is 2.23. The summed E-state index contributed by atoms with van der Waals surface area (Å²) in [5, 5.41) is 18.7. The summed E-state index contributed by atoms with van der Waals surface area (Å²) in [4.78, 5) is 40.1. The fourth-order valence-corrected chi connectivity index (χ4v) is 4.31. The third-order valence-corrected chi connectivity index (χ3v) is 7.10. The van der Waals surface area contributed by atoms with Gasteiger partial charge in [0.15, 0.2) is 0 Å². The summed E-state index contributed by atoms with van der Waals surface area (Å²) in [5.74, 6) is 1.11. The maximum atomic E-state index is 13.2. The zero-order chi connectivity index (χ0) is 31.6. The van der Waals surface area contributed by atoms with Crippen molar-refractivity contribution in [2.75, 3.05) is 68.8 Å². The quantitative estimate of drug-likeness (QED) is 0.194. The van der Waals surface area contributed by atoms with Gasteiger partial charge in [-0.25, -0.2) is 14.8 Å². The lowest BCUT2D eigenvalue weighted by atomic mass is 10.1. The van der Waals surface area contributed by atoms with Gasteiger partial charge in [0.25, 0.3) is 5.91 Å². The first-order chi connectivity index (χ1) is 21.2. The van der Waals surface area contributed by atoms with Gasteiger partial charge in [-0.15, -0.1) is 0 Å². The molecule has 1 saturated carbocycles. The molecule has 4 rings (SSSR count). The van der Waals surface area contributed by atoms with Crippen molar-refractivity contribution < 1.29 is 14.3 Å². The van der Waals surface area contributed by atoms with Crippen molar-refractivity contribution in [3.8, 4) is 11.8 Å². The Bertz CT molecular complexity index is 1530. The average Bonchev–Trinajstić information content (AvgIpc) is 3.86. The van der Waals surface area contributed by atoms with Gasteiger partial charge in [-0.2, -0.15) is 5.26 Å². The number of carbonyl (C=O) groups is 2. The summed E-state index contributed by atoms with van der Waals surface area (Å²) in [7, 11) is 9.10. The number of rotatable bonds is 13. The van der Waals surface area contributed by atoms with Crippen LogP contribution in [0.5, 0.6) is 5.75 Å². The number of aromatic nitrogens is 2. The highest BCUT2D eigenvalue weighted by Crippen LogP contribution is 2.38. The minimum absolute atomic E-state index is 0.0914. The van der Waals surface area contributed by atoms with Gasteiger partial charge in [-0.05, 0) is 44.5 Å². The van der Waals surface area contributed by atoms with Gasteiger partial charge in [0, 0.05) is 45.9 Å². The first-order valence-electron chi connectivity index (χ1n) is 14.3. The van der Waals surface area contributed by atoms with Crippen molar-refractivity contribution in [3.63, 3.8) is 0 Å². The number of ether oxygens (including phenoxy) is 1. The number of urea groups is 1. The highest BCUT2D eigenvalue weighted by atomic mass is 16.5. The molecule has 3 amide bonds. The van der Waals surface area contributed by atoms with Gasteiger partial charge in [-0.1, -0.05) is 36.4 Å². The van der Waals surface area contributed by atoms with E-state index in [0.717, 1.165) is 30.6 Å². The maximum Gasteiger partial charge on any atom is 0.323 e. The molecule has 1 aromatic heterocycles. The van der Waals surface area contributed by atoms with E-state index in [1.165, 1.54) is 11.2 Å². The first kappa shape index (κ1) is 31.8. The average molecular weight is 598 g/mol. The van der Waals surface area contributed by atoms with Gasteiger partial charge in [0.2, 0.25) is 0 Å². The van der Waals surface area contributed by atoms with E-state index in [1.807, 2.05) is 68.5 Å². The van der Waals surface area contributed by atoms with Crippen LogP contribution in [0.4, 0.5) is 33.5 Å². The zero-order valence-electron chi connectivity index (χ0n) is 25.8. The lowest BCUT2D eigenvalue weighted by molar-refractivity contribution is -0.112. The highest BCUT2D eigenvalue weighted by molar-refractivity contribution is 6.08. The van der Waals surface area contributed by atoms with E-state index in [4.69, 9.17) is 4.74 Å². The molecule has 3 aromatic rings. The van der Waals surface area contributed by atoms with E-state index >= 15 is 0 Å². The van der Waals surface area contributed by atoms with Gasteiger partial charge >= 0.3 is 6.03 Å². The molecule has 0 bridgehead atoms. The monoisotopic (exact) mass is 597 g/mol. The molecule has 1 aliphatic carbocycles. The SMILES string of the molecule is COc1cc(N(C)CCN(C)C)c(NC(=O)/C(C#N)=C/C2CC2)cc1Nc1cc(N(C)C(=O)NCc2ccccc2)ncn1. The fourth-order valence-electron chi connectivity index (χ4n) is 4.31. The molecule has 1 fully saturated rings. The zero-order valence-corrected chi connectivity index (χ0v) is 25.8. The van der Waals surface area contributed by atoms with Crippen LogP contribution in [0.2, 0.25) is 0 Å². The van der Waals surface area contributed by atoms with Gasteiger partial charge in [-0.3, -0.25) is 9.69 Å². The van der Waals surface area contributed by atoms with Crippen molar-refractivity contribution in [1.82, 2.24) is 20.2 Å². The Balaban J connectivity index is 1.58. The molecule has 3 N–H and O–H groups in total. The fraction of sp³-hybridized carbons (Fsp3) is 0.344. The lowest BCUT2D eigenvalue weighted by Gasteiger charge is -2.26. The number of methoxy groups -OCH3 is 1. The molecule has 12 heteroatoms. The van der Waals surface area contributed by atoms with Crippen LogP contribution in [0.3, 0.4) is 0 Å². The van der Waals surface area contributed by atoms with E-state index in [2.05, 4.69) is 30.8 Å². The predicted molar refractivity (Wildman–Crippen MR) is 172 cm³/mol. The van der Waals surface area contributed by atoms with Gasteiger partial charge in [0.1, 0.15) is 35.4 Å². The molecule has 230 valence electrons. The minimum atomic E-state index is -0.467. The third kappa shape index (κ3) is 8.68. The molecule has 0 unspecified atom stereocenters. The van der Waals surface area contributed by atoms with E-state index in [1.54, 1.807) is 32.4 Å². The van der Waals surface area contributed by atoms with E-state index in [9.17, 15) is 14.9 Å². The third-order valence-electron chi connectivity index (χ3n) is 7.10. The predicted octanol–water partition coefficient (Wildman–Crippen LogP) is 4.37. The van der Waals surface area contributed by atoms with Gasteiger partial charge in [0.05, 0.1) is 24.2 Å². The van der Waals surface area contributed by atoms with Crippen molar-refractivity contribution in [2.24, 2.45) is 5.92 Å². The first-order valence-corrected chi connectivity index (χ1v) is 14.3. The maximum absolute atomic E-state index is 13.2. The number of benzene rings is 2. The molecule has 0 saturated heterocycles. The Hall–Kier alpha value is -5.15. The van der Waals surface area contributed by atoms with Crippen LogP contribution in [-0.2, 0) is 11.3 Å². The molecular formula is C32H39N9O3. The normalized spacial score (nSPS) is 12.7. The van der Waals surface area contributed by atoms with Crippen molar-refractivity contribution in [1.29, 1.82) is 5.26 Å². The van der Waals surface area contributed by atoms with Crippen LogP contribution in [0, 0.1) is 17.2 Å². The van der Waals surface area contributed by atoms with E-state index < -0.39 is 5.91 Å². The number of hydrogen-bond donors (Lipinski definition) is 3. The number of amides is 3. The summed E-state index contributed by atoms with van der Waals surface area (Å²) in [6.45, 7) is 1.85. The Morgan fingerprint density at radius 1 is 1.05 bits per heavy atom. The Kier molecular flexibility index (Phi) is 10.7. The molecule has 0 atom stereocenters. The van der Waals surface area contributed by atoms with Crippen LogP contribution in [0.1, 0.15) is 18.4 Å². The number of nitrogens with zero attached hydrogens (tertiary/aromatic N) is 6. The van der Waals surface area contributed by atoms with Crippen LogP contribution < -0.4 is 30.5 Å². The largest absolute Gasteiger partial charge is 0.494 e. The number of likely N-dealkylation sites (N-methyl/N-ethyl adjacent to an activating group) is 2. The van der Waals surface area contributed by atoms with Crippen LogP contribution >= 0.6 is 0 Å². The second kappa shape index (κ2) is 14.8. The molecule has 1 heterocycles. The summed E-state index contributed by atoms with van der Waals surface area (Å²) in [6.07, 6.45) is 5.07. The molecule has 0 aliphatic heterocycles. The molecule has 0 radical (unpaired) electrons. The topological polar surface area (TPSA) is 139 Å². The minimum Gasteiger partial charge on any atom is -0.494 e. The number of nitriles is 1. The van der Waals surface area contributed by atoms with Crippen LogP contribution in [-0.4, -0.2) is 75.2 Å². The smallest absolute Gasteiger partial charge is 0.323 e. The van der Waals surface area contributed by atoms with Crippen molar-refractivity contribution in [3.05, 3.63) is 72.1 Å². The summed E-state index contributed by atoms with van der Waals surface area (Å²) in [5.41, 5.74) is 2.83. The molecule has 44 heavy (non-hydrogen) atoms. The molecular weight excluding hydrogens is 558 g/mol. The second-order valence-corrected chi connectivity index (χ2v) is 10.9. The molecule has 2 aromatic carbocycles. The molecule has 12 nitrogen and oxygen atoms in total. The number of carbonyl (C=O) groups excluding carboxylic acids is 2. The number of allylic oxidation sites excluding steroid dienone is 1. The van der Waals surface area contributed by atoms with Crippen molar-refractivity contribution in [2.45, 2.75) is 19.4 Å². The van der Waals surface area contributed by atoms with E-state index in [-0.39, 0.29) is 17.5 Å². The standard InChI is InChI=1S/C32H39N9O3/c1-39(2)13-14-40(3)27-17-28(44-5)26(16-25(27)38-31(42)24(19-33)15-22-11-12-22)37-29-18-30(36-21-35-29)41(4)32(43)34-20-23-9-7-6-8-10-23/h6-10,15-18,21-22H,11-14,20H2,1-5H3,(H,34,43)(H,38,42)(H,35,36,37)/b24-15+. The van der Waals surface area contributed by atoms with Gasteiger partial charge < -0.3 is 30.5 Å².